The first kappa shape index (κ1) is 14.6. The quantitative estimate of drug-likeness (QED) is 0.793. The van der Waals surface area contributed by atoms with Crippen molar-refractivity contribution in [2.45, 2.75) is 33.2 Å². The number of methoxy groups -OCH3 is 1. The average molecular weight is 283 g/mol. The first-order chi connectivity index (χ1) is 9.15. The van der Waals surface area contributed by atoms with Crippen LogP contribution in [0, 0.1) is 19.8 Å². The van der Waals surface area contributed by atoms with Gasteiger partial charge in [0.1, 0.15) is 5.75 Å². The highest BCUT2D eigenvalue weighted by Crippen LogP contribution is 2.26. The van der Waals surface area contributed by atoms with E-state index < -0.39 is 0 Å². The van der Waals surface area contributed by atoms with Gasteiger partial charge in [0.05, 0.1) is 12.8 Å². The van der Waals surface area contributed by atoms with Gasteiger partial charge in [-0.3, -0.25) is 9.88 Å². The minimum atomic E-state index is 0.628. The van der Waals surface area contributed by atoms with Crippen LogP contribution in [0.2, 0.25) is 0 Å². The lowest BCUT2D eigenvalue weighted by Crippen LogP contribution is -2.36. The van der Waals surface area contributed by atoms with E-state index in [9.17, 15) is 0 Å². The predicted octanol–water partition coefficient (Wildman–Crippen LogP) is 3.16. The highest BCUT2D eigenvalue weighted by Gasteiger charge is 2.20. The van der Waals surface area contributed by atoms with Crippen LogP contribution in [0.1, 0.15) is 29.7 Å². The number of pyridine rings is 1. The molecule has 1 fully saturated rings. The van der Waals surface area contributed by atoms with Gasteiger partial charge in [0.15, 0.2) is 0 Å². The lowest BCUT2D eigenvalue weighted by Gasteiger charge is -2.31. The molecule has 0 radical (unpaired) electrons. The zero-order valence-electron chi connectivity index (χ0n) is 12.1. The third-order valence-electron chi connectivity index (χ3n) is 3.94. The predicted molar refractivity (Wildman–Crippen MR) is 79.0 cm³/mol. The fourth-order valence-corrected chi connectivity index (χ4v) is 3.12. The molecule has 1 aromatic rings. The number of likely N-dealkylation sites (tertiary alicyclic amines) is 1. The van der Waals surface area contributed by atoms with Gasteiger partial charge in [0.25, 0.3) is 0 Å². The molecule has 1 aliphatic heterocycles. The Morgan fingerprint density at radius 2 is 2.26 bits per heavy atom. The monoisotopic (exact) mass is 282 g/mol. The van der Waals surface area contributed by atoms with E-state index in [0.717, 1.165) is 48.1 Å². The van der Waals surface area contributed by atoms with Gasteiger partial charge in [-0.2, -0.15) is 0 Å². The van der Waals surface area contributed by atoms with Gasteiger partial charge in [0, 0.05) is 36.3 Å². The largest absolute Gasteiger partial charge is 0.496 e. The van der Waals surface area contributed by atoms with Crippen molar-refractivity contribution < 1.29 is 4.74 Å². The first-order valence-corrected chi connectivity index (χ1v) is 7.46. The molecule has 1 aliphatic rings. The minimum absolute atomic E-state index is 0.628. The van der Waals surface area contributed by atoms with Crippen LogP contribution < -0.4 is 4.74 Å². The topological polar surface area (TPSA) is 25.4 Å². The van der Waals surface area contributed by atoms with E-state index in [2.05, 4.69) is 16.8 Å². The lowest BCUT2D eigenvalue weighted by atomic mass is 9.99. The number of piperidine rings is 1. The van der Waals surface area contributed by atoms with Gasteiger partial charge in [-0.25, -0.2) is 0 Å². The molecule has 2 heterocycles. The second-order valence-corrected chi connectivity index (χ2v) is 5.75. The Kier molecular flexibility index (Phi) is 5.06. The molecular formula is C15H23ClN2O. The highest BCUT2D eigenvalue weighted by atomic mass is 35.5. The Morgan fingerprint density at radius 1 is 1.47 bits per heavy atom. The van der Waals surface area contributed by atoms with Gasteiger partial charge in [-0.15, -0.1) is 11.6 Å². The molecular weight excluding hydrogens is 260 g/mol. The number of aryl methyl sites for hydroxylation is 1. The van der Waals surface area contributed by atoms with Crippen LogP contribution in [0.3, 0.4) is 0 Å². The average Bonchev–Trinajstić information content (AvgIpc) is 2.43. The Hall–Kier alpha value is -0.800. The summed E-state index contributed by atoms with van der Waals surface area (Å²) in [6, 6.07) is 0. The van der Waals surface area contributed by atoms with E-state index in [0.29, 0.717) is 5.92 Å². The molecule has 4 heteroatoms. The van der Waals surface area contributed by atoms with E-state index in [4.69, 9.17) is 16.3 Å². The third-order valence-corrected chi connectivity index (χ3v) is 4.38. The van der Waals surface area contributed by atoms with E-state index >= 15 is 0 Å². The lowest BCUT2D eigenvalue weighted by molar-refractivity contribution is 0.176. The molecule has 19 heavy (non-hydrogen) atoms. The number of rotatable bonds is 4. The molecule has 1 unspecified atom stereocenters. The van der Waals surface area contributed by atoms with E-state index in [-0.39, 0.29) is 0 Å². The number of alkyl halides is 1. The number of hydrogen-bond donors (Lipinski definition) is 0. The Morgan fingerprint density at radius 3 is 2.95 bits per heavy atom. The van der Waals surface area contributed by atoms with Crippen LogP contribution in [-0.4, -0.2) is 36.0 Å². The molecule has 1 aromatic heterocycles. The maximum Gasteiger partial charge on any atom is 0.128 e. The Labute approximate surface area is 120 Å². The van der Waals surface area contributed by atoms with E-state index in [1.165, 1.54) is 12.8 Å². The van der Waals surface area contributed by atoms with E-state index in [1.54, 1.807) is 7.11 Å². The van der Waals surface area contributed by atoms with Crippen LogP contribution in [-0.2, 0) is 6.54 Å². The summed E-state index contributed by atoms with van der Waals surface area (Å²) in [5, 5.41) is 0. The van der Waals surface area contributed by atoms with Crippen molar-refractivity contribution in [2.75, 3.05) is 26.1 Å². The molecule has 0 spiro atoms. The first-order valence-electron chi connectivity index (χ1n) is 6.93. The molecule has 0 amide bonds. The van der Waals surface area contributed by atoms with Crippen molar-refractivity contribution in [3.05, 3.63) is 23.0 Å². The fraction of sp³-hybridized carbons (Fsp3) is 0.667. The summed E-state index contributed by atoms with van der Waals surface area (Å²) in [4.78, 5) is 7.04. The molecule has 106 valence electrons. The smallest absolute Gasteiger partial charge is 0.128 e. The summed E-state index contributed by atoms with van der Waals surface area (Å²) in [6.07, 6.45) is 4.40. The van der Waals surface area contributed by atoms with Gasteiger partial charge in [-0.1, -0.05) is 0 Å². The molecule has 0 aliphatic carbocycles. The minimum Gasteiger partial charge on any atom is -0.496 e. The summed E-state index contributed by atoms with van der Waals surface area (Å²) in [7, 11) is 1.73. The van der Waals surface area contributed by atoms with Crippen molar-refractivity contribution in [1.29, 1.82) is 0 Å². The molecule has 2 rings (SSSR count). The normalized spacial score (nSPS) is 20.5. The van der Waals surface area contributed by atoms with Crippen LogP contribution in [0.5, 0.6) is 5.75 Å². The number of nitrogens with zero attached hydrogens (tertiary/aromatic N) is 2. The second-order valence-electron chi connectivity index (χ2n) is 5.44. The van der Waals surface area contributed by atoms with Crippen molar-refractivity contribution in [3.63, 3.8) is 0 Å². The number of halogens is 1. The van der Waals surface area contributed by atoms with Gasteiger partial charge < -0.3 is 4.74 Å². The van der Waals surface area contributed by atoms with Crippen molar-refractivity contribution in [3.8, 4) is 5.75 Å². The maximum atomic E-state index is 5.99. The molecule has 1 saturated heterocycles. The molecule has 0 N–H and O–H groups in total. The summed E-state index contributed by atoms with van der Waals surface area (Å²) >= 11 is 5.99. The van der Waals surface area contributed by atoms with Crippen LogP contribution >= 0.6 is 11.6 Å². The van der Waals surface area contributed by atoms with Crippen molar-refractivity contribution in [1.82, 2.24) is 9.88 Å². The van der Waals surface area contributed by atoms with Crippen LogP contribution in [0.25, 0.3) is 0 Å². The zero-order chi connectivity index (χ0) is 13.8. The molecule has 0 saturated carbocycles. The Bertz CT molecular complexity index is 436. The van der Waals surface area contributed by atoms with Crippen molar-refractivity contribution in [2.24, 2.45) is 5.92 Å². The van der Waals surface area contributed by atoms with Crippen LogP contribution in [0.15, 0.2) is 6.20 Å². The molecule has 3 nitrogen and oxygen atoms in total. The summed E-state index contributed by atoms with van der Waals surface area (Å²) in [5.74, 6) is 2.36. The van der Waals surface area contributed by atoms with Crippen molar-refractivity contribution >= 4 is 11.6 Å². The van der Waals surface area contributed by atoms with Crippen LogP contribution in [0.4, 0.5) is 0 Å². The van der Waals surface area contributed by atoms with Gasteiger partial charge >= 0.3 is 0 Å². The summed E-state index contributed by atoms with van der Waals surface area (Å²) in [5.41, 5.74) is 3.38. The highest BCUT2D eigenvalue weighted by molar-refractivity contribution is 6.18. The molecule has 0 aromatic carbocycles. The molecule has 0 bridgehead atoms. The summed E-state index contributed by atoms with van der Waals surface area (Å²) < 4.78 is 5.47. The zero-order valence-corrected chi connectivity index (χ0v) is 12.8. The van der Waals surface area contributed by atoms with Gasteiger partial charge in [0.2, 0.25) is 0 Å². The summed E-state index contributed by atoms with van der Waals surface area (Å²) in [6.45, 7) is 7.26. The second kappa shape index (κ2) is 6.58. The third kappa shape index (κ3) is 3.40. The van der Waals surface area contributed by atoms with E-state index in [1.807, 2.05) is 13.1 Å². The number of hydrogen-bond acceptors (Lipinski definition) is 3. The fourth-order valence-electron chi connectivity index (χ4n) is 2.86. The maximum absolute atomic E-state index is 5.99. The standard InChI is InChI=1S/C15H23ClN2O/c1-11-8-17-14(12(2)15(11)19-3)10-18-6-4-5-13(7-16)9-18/h8,13H,4-7,9-10H2,1-3H3. The SMILES string of the molecule is COc1c(C)cnc(CN2CCCC(CCl)C2)c1C. The number of ether oxygens (including phenoxy) is 1. The van der Waals surface area contributed by atoms with Gasteiger partial charge in [-0.05, 0) is 39.2 Å². The molecule has 1 atom stereocenters. The Balaban J connectivity index is 2.10. The number of aromatic nitrogens is 1.